The lowest BCUT2D eigenvalue weighted by Gasteiger charge is -2.05. The van der Waals surface area contributed by atoms with E-state index >= 15 is 0 Å². The van der Waals surface area contributed by atoms with Gasteiger partial charge >= 0.3 is 0 Å². The number of rotatable bonds is 1. The minimum Gasteiger partial charge on any atom is -0.283 e. The first-order chi connectivity index (χ1) is 8.27. The van der Waals surface area contributed by atoms with Crippen LogP contribution in [0.2, 0.25) is 0 Å². The van der Waals surface area contributed by atoms with Crippen LogP contribution in [0.4, 0.5) is 0 Å². The fourth-order valence-electron chi connectivity index (χ4n) is 2.18. The van der Waals surface area contributed by atoms with Gasteiger partial charge in [-0.15, -0.1) is 0 Å². The lowest BCUT2D eigenvalue weighted by Crippen LogP contribution is -2.01. The fraction of sp³-hybridized carbons (Fsp3) is 0.143. The smallest absolute Gasteiger partial charge is 0.234 e. The van der Waals surface area contributed by atoms with E-state index in [1.54, 1.807) is 12.4 Å². The Morgan fingerprint density at radius 3 is 2.53 bits per heavy atom. The monoisotopic (exact) mass is 223 g/mol. The molecule has 17 heavy (non-hydrogen) atoms. The van der Waals surface area contributed by atoms with E-state index in [1.807, 2.05) is 6.07 Å². The molecule has 0 bridgehead atoms. The van der Waals surface area contributed by atoms with Crippen LogP contribution in [0, 0.1) is 13.8 Å². The van der Waals surface area contributed by atoms with Gasteiger partial charge in [0, 0.05) is 23.5 Å². The maximum Gasteiger partial charge on any atom is 0.234 e. The second-order valence-electron chi connectivity index (χ2n) is 4.18. The molecule has 0 fully saturated rings. The van der Waals surface area contributed by atoms with Crippen LogP contribution >= 0.6 is 0 Å². The lowest BCUT2D eigenvalue weighted by molar-refractivity contribution is 0.928. The van der Waals surface area contributed by atoms with Crippen molar-refractivity contribution in [1.82, 2.24) is 14.5 Å². The number of hydrogen-bond acceptors (Lipinski definition) is 2. The van der Waals surface area contributed by atoms with Gasteiger partial charge in [-0.3, -0.25) is 4.57 Å². The van der Waals surface area contributed by atoms with Crippen LogP contribution < -0.4 is 0 Å². The van der Waals surface area contributed by atoms with Crippen molar-refractivity contribution in [2.75, 3.05) is 0 Å². The first-order valence-electron chi connectivity index (χ1n) is 5.62. The molecular formula is C14H13N3. The summed E-state index contributed by atoms with van der Waals surface area (Å²) in [5, 5.41) is 1.26. The highest BCUT2D eigenvalue weighted by molar-refractivity contribution is 5.85. The number of benzene rings is 1. The molecule has 0 aliphatic rings. The van der Waals surface area contributed by atoms with E-state index in [2.05, 4.69) is 52.6 Å². The van der Waals surface area contributed by atoms with Gasteiger partial charge in [0.2, 0.25) is 5.95 Å². The fourth-order valence-corrected chi connectivity index (χ4v) is 2.18. The molecule has 0 radical (unpaired) electrons. The van der Waals surface area contributed by atoms with Gasteiger partial charge < -0.3 is 0 Å². The summed E-state index contributed by atoms with van der Waals surface area (Å²) in [5.41, 5.74) is 3.59. The van der Waals surface area contributed by atoms with Crippen LogP contribution in [0.25, 0.3) is 16.9 Å². The Hall–Kier alpha value is -2.16. The highest BCUT2D eigenvalue weighted by atomic mass is 15.1. The van der Waals surface area contributed by atoms with Gasteiger partial charge in [-0.1, -0.05) is 12.1 Å². The summed E-state index contributed by atoms with van der Waals surface area (Å²) in [6.07, 6.45) is 3.53. The van der Waals surface area contributed by atoms with Gasteiger partial charge in [0.25, 0.3) is 0 Å². The SMILES string of the molecule is Cc1cccc2c1cc(C)n2-c1ncccn1. The summed E-state index contributed by atoms with van der Waals surface area (Å²) in [7, 11) is 0. The van der Waals surface area contributed by atoms with Crippen molar-refractivity contribution < 1.29 is 0 Å². The molecule has 3 aromatic rings. The van der Waals surface area contributed by atoms with E-state index in [0.717, 1.165) is 17.2 Å². The quantitative estimate of drug-likeness (QED) is 0.634. The van der Waals surface area contributed by atoms with Crippen molar-refractivity contribution in [1.29, 1.82) is 0 Å². The van der Waals surface area contributed by atoms with Crippen molar-refractivity contribution in [3.8, 4) is 5.95 Å². The second kappa shape index (κ2) is 3.70. The zero-order valence-corrected chi connectivity index (χ0v) is 9.88. The number of nitrogens with zero attached hydrogens (tertiary/aromatic N) is 3. The average molecular weight is 223 g/mol. The summed E-state index contributed by atoms with van der Waals surface area (Å²) >= 11 is 0. The van der Waals surface area contributed by atoms with E-state index < -0.39 is 0 Å². The molecule has 0 N–H and O–H groups in total. The predicted octanol–water partition coefficient (Wildman–Crippen LogP) is 3.04. The Labute approximate surface area is 99.8 Å². The first-order valence-corrected chi connectivity index (χ1v) is 5.62. The Morgan fingerprint density at radius 1 is 1.00 bits per heavy atom. The van der Waals surface area contributed by atoms with Gasteiger partial charge in [0.15, 0.2) is 0 Å². The highest BCUT2D eigenvalue weighted by Gasteiger charge is 2.09. The molecule has 0 atom stereocenters. The zero-order chi connectivity index (χ0) is 11.8. The van der Waals surface area contributed by atoms with Crippen molar-refractivity contribution in [3.05, 3.63) is 54.0 Å². The molecule has 0 unspecified atom stereocenters. The summed E-state index contributed by atoms with van der Waals surface area (Å²) in [5.74, 6) is 0.727. The third kappa shape index (κ3) is 1.51. The zero-order valence-electron chi connectivity index (χ0n) is 9.88. The van der Waals surface area contributed by atoms with E-state index in [4.69, 9.17) is 0 Å². The minimum absolute atomic E-state index is 0.727. The normalized spacial score (nSPS) is 10.9. The van der Waals surface area contributed by atoms with Crippen molar-refractivity contribution >= 4 is 10.9 Å². The van der Waals surface area contributed by atoms with E-state index in [1.165, 1.54) is 10.9 Å². The molecule has 3 rings (SSSR count). The molecule has 0 spiro atoms. The van der Waals surface area contributed by atoms with Gasteiger partial charge in [-0.25, -0.2) is 9.97 Å². The molecule has 2 heterocycles. The Morgan fingerprint density at radius 2 is 1.76 bits per heavy atom. The summed E-state index contributed by atoms with van der Waals surface area (Å²) < 4.78 is 2.09. The van der Waals surface area contributed by atoms with E-state index in [-0.39, 0.29) is 0 Å². The van der Waals surface area contributed by atoms with Crippen LogP contribution in [0.3, 0.4) is 0 Å². The first kappa shape index (κ1) is 10.0. The topological polar surface area (TPSA) is 30.7 Å². The molecule has 0 aliphatic heterocycles. The molecular weight excluding hydrogens is 210 g/mol. The van der Waals surface area contributed by atoms with Crippen LogP contribution in [0.1, 0.15) is 11.3 Å². The average Bonchev–Trinajstić information content (AvgIpc) is 2.68. The molecule has 2 aromatic heterocycles. The molecule has 3 heteroatoms. The van der Waals surface area contributed by atoms with E-state index in [9.17, 15) is 0 Å². The van der Waals surface area contributed by atoms with Crippen LogP contribution in [-0.2, 0) is 0 Å². The van der Waals surface area contributed by atoms with Gasteiger partial charge in [-0.2, -0.15) is 0 Å². The minimum atomic E-state index is 0.727. The van der Waals surface area contributed by atoms with Crippen molar-refractivity contribution in [2.45, 2.75) is 13.8 Å². The van der Waals surface area contributed by atoms with Crippen LogP contribution in [-0.4, -0.2) is 14.5 Å². The van der Waals surface area contributed by atoms with Gasteiger partial charge in [0.1, 0.15) is 0 Å². The molecule has 0 saturated heterocycles. The van der Waals surface area contributed by atoms with Crippen molar-refractivity contribution in [2.24, 2.45) is 0 Å². The molecule has 84 valence electrons. The highest BCUT2D eigenvalue weighted by Crippen LogP contribution is 2.24. The predicted molar refractivity (Wildman–Crippen MR) is 68.3 cm³/mol. The molecule has 1 aromatic carbocycles. The maximum atomic E-state index is 4.31. The van der Waals surface area contributed by atoms with Gasteiger partial charge in [-0.05, 0) is 37.6 Å². The summed E-state index contributed by atoms with van der Waals surface area (Å²) in [6.45, 7) is 4.20. The largest absolute Gasteiger partial charge is 0.283 e. The molecule has 0 saturated carbocycles. The molecule has 0 aliphatic carbocycles. The molecule has 0 amide bonds. The number of aromatic nitrogens is 3. The lowest BCUT2D eigenvalue weighted by atomic mass is 10.1. The number of hydrogen-bond donors (Lipinski definition) is 0. The maximum absolute atomic E-state index is 4.31. The number of aryl methyl sites for hydroxylation is 2. The molecule has 3 nitrogen and oxygen atoms in total. The number of fused-ring (bicyclic) bond motifs is 1. The third-order valence-corrected chi connectivity index (χ3v) is 3.00. The van der Waals surface area contributed by atoms with Crippen molar-refractivity contribution in [3.63, 3.8) is 0 Å². The summed E-state index contributed by atoms with van der Waals surface area (Å²) in [6, 6.07) is 10.3. The third-order valence-electron chi connectivity index (χ3n) is 3.00. The Bertz CT molecular complexity index is 669. The van der Waals surface area contributed by atoms with Crippen LogP contribution in [0.15, 0.2) is 42.7 Å². The van der Waals surface area contributed by atoms with E-state index in [0.29, 0.717) is 0 Å². The summed E-state index contributed by atoms with van der Waals surface area (Å²) in [4.78, 5) is 8.63. The Balaban J connectivity index is 2.37. The van der Waals surface area contributed by atoms with Crippen LogP contribution in [0.5, 0.6) is 0 Å². The second-order valence-corrected chi connectivity index (χ2v) is 4.18. The van der Waals surface area contributed by atoms with Gasteiger partial charge in [0.05, 0.1) is 5.52 Å². The standard InChI is InChI=1S/C14H13N3/c1-10-5-3-6-13-12(10)9-11(2)17(13)14-15-7-4-8-16-14/h3-9H,1-2H3. The Kier molecular flexibility index (Phi) is 2.18.